The van der Waals surface area contributed by atoms with Crippen molar-refractivity contribution in [3.8, 4) is 11.3 Å². The van der Waals surface area contributed by atoms with Crippen molar-refractivity contribution < 1.29 is 4.39 Å². The molecule has 2 aromatic rings. The number of nitrogens with one attached hydrogen (secondary N) is 1. The fourth-order valence-corrected chi connectivity index (χ4v) is 2.10. The molecule has 0 radical (unpaired) electrons. The number of hydrogen-bond donors (Lipinski definition) is 1. The lowest BCUT2D eigenvalue weighted by atomic mass is 10.1. The maximum Gasteiger partial charge on any atom is 0.133 e. The highest BCUT2D eigenvalue weighted by Crippen LogP contribution is 2.24. The van der Waals surface area contributed by atoms with Crippen LogP contribution < -0.4 is 5.32 Å². The van der Waals surface area contributed by atoms with Gasteiger partial charge >= 0.3 is 0 Å². The Labute approximate surface area is 125 Å². The lowest BCUT2D eigenvalue weighted by Gasteiger charge is -2.12. The highest BCUT2D eigenvalue weighted by atomic mass is 19.1. The average Bonchev–Trinajstić information content (AvgIpc) is 2.43. The molecule has 0 aliphatic rings. The van der Waals surface area contributed by atoms with E-state index >= 15 is 0 Å². The van der Waals surface area contributed by atoms with Crippen molar-refractivity contribution in [2.45, 2.75) is 40.0 Å². The first-order valence-corrected chi connectivity index (χ1v) is 7.40. The third-order valence-electron chi connectivity index (χ3n) is 3.15. The average molecular weight is 287 g/mol. The van der Waals surface area contributed by atoms with E-state index in [-0.39, 0.29) is 11.7 Å². The number of benzene rings is 1. The zero-order chi connectivity index (χ0) is 15.4. The van der Waals surface area contributed by atoms with Gasteiger partial charge in [0.15, 0.2) is 0 Å². The fraction of sp³-hybridized carbons (Fsp3) is 0.412. The predicted molar refractivity (Wildman–Crippen MR) is 85.0 cm³/mol. The highest BCUT2D eigenvalue weighted by Gasteiger charge is 2.10. The van der Waals surface area contributed by atoms with Gasteiger partial charge in [0, 0.05) is 24.1 Å². The lowest BCUT2D eigenvalue weighted by Crippen LogP contribution is -2.07. The van der Waals surface area contributed by atoms with E-state index in [9.17, 15) is 4.39 Å². The zero-order valence-electron chi connectivity index (χ0n) is 13.1. The number of halogens is 1. The molecule has 0 saturated carbocycles. The van der Waals surface area contributed by atoms with Gasteiger partial charge < -0.3 is 5.32 Å². The SMILES string of the molecule is CCCNc1cc(-c2cc(C)cc(F)c2)nc(C(C)C)n1. The Morgan fingerprint density at radius 3 is 2.52 bits per heavy atom. The largest absolute Gasteiger partial charge is 0.370 e. The second-order valence-corrected chi connectivity index (χ2v) is 5.60. The van der Waals surface area contributed by atoms with Gasteiger partial charge in [0.2, 0.25) is 0 Å². The van der Waals surface area contributed by atoms with Gasteiger partial charge in [0.1, 0.15) is 17.5 Å². The van der Waals surface area contributed by atoms with E-state index in [0.29, 0.717) is 0 Å². The molecule has 2 rings (SSSR count). The molecule has 1 N–H and O–H groups in total. The molecule has 0 atom stereocenters. The Hall–Kier alpha value is -1.97. The number of hydrogen-bond acceptors (Lipinski definition) is 3. The fourth-order valence-electron chi connectivity index (χ4n) is 2.10. The number of nitrogens with zero attached hydrogens (tertiary/aromatic N) is 2. The first-order valence-electron chi connectivity index (χ1n) is 7.40. The molecule has 0 aliphatic carbocycles. The van der Waals surface area contributed by atoms with Crippen molar-refractivity contribution in [2.24, 2.45) is 0 Å². The van der Waals surface area contributed by atoms with E-state index in [1.807, 2.05) is 19.1 Å². The Morgan fingerprint density at radius 2 is 1.90 bits per heavy atom. The molecule has 0 saturated heterocycles. The molecule has 1 aromatic heterocycles. The van der Waals surface area contributed by atoms with Gasteiger partial charge in [-0.2, -0.15) is 0 Å². The van der Waals surface area contributed by atoms with Crippen LogP contribution in [-0.4, -0.2) is 16.5 Å². The Kier molecular flexibility index (Phi) is 4.89. The first-order chi connectivity index (χ1) is 9.99. The smallest absolute Gasteiger partial charge is 0.133 e. The molecule has 1 heterocycles. The summed E-state index contributed by atoms with van der Waals surface area (Å²) in [4.78, 5) is 9.10. The van der Waals surface area contributed by atoms with Crippen molar-refractivity contribution in [3.63, 3.8) is 0 Å². The Bertz CT molecular complexity index is 603. The van der Waals surface area contributed by atoms with Crippen molar-refractivity contribution in [3.05, 3.63) is 41.5 Å². The lowest BCUT2D eigenvalue weighted by molar-refractivity contribution is 0.627. The maximum absolute atomic E-state index is 13.6. The van der Waals surface area contributed by atoms with Crippen molar-refractivity contribution >= 4 is 5.82 Å². The summed E-state index contributed by atoms with van der Waals surface area (Å²) in [5, 5.41) is 3.28. The van der Waals surface area contributed by atoms with E-state index < -0.39 is 0 Å². The van der Waals surface area contributed by atoms with Crippen LogP contribution in [0.2, 0.25) is 0 Å². The van der Waals surface area contributed by atoms with Gasteiger partial charge in [-0.05, 0) is 37.1 Å². The molecule has 3 nitrogen and oxygen atoms in total. The van der Waals surface area contributed by atoms with E-state index in [0.717, 1.165) is 41.4 Å². The summed E-state index contributed by atoms with van der Waals surface area (Å²) < 4.78 is 13.6. The molecule has 0 fully saturated rings. The van der Waals surface area contributed by atoms with Crippen molar-refractivity contribution in [1.29, 1.82) is 0 Å². The molecule has 4 heteroatoms. The van der Waals surface area contributed by atoms with Crippen LogP contribution >= 0.6 is 0 Å². The van der Waals surface area contributed by atoms with Gasteiger partial charge in [-0.1, -0.05) is 20.8 Å². The molecule has 21 heavy (non-hydrogen) atoms. The molecule has 1 aromatic carbocycles. The topological polar surface area (TPSA) is 37.8 Å². The van der Waals surface area contributed by atoms with Gasteiger partial charge in [-0.3, -0.25) is 0 Å². The second kappa shape index (κ2) is 6.66. The third-order valence-corrected chi connectivity index (χ3v) is 3.15. The van der Waals surface area contributed by atoms with E-state index in [1.54, 1.807) is 0 Å². The third kappa shape index (κ3) is 4.00. The van der Waals surface area contributed by atoms with Crippen LogP contribution in [0.5, 0.6) is 0 Å². The second-order valence-electron chi connectivity index (χ2n) is 5.60. The molecular weight excluding hydrogens is 265 g/mol. The van der Waals surface area contributed by atoms with Gasteiger partial charge in [0.05, 0.1) is 5.69 Å². The number of aromatic nitrogens is 2. The normalized spacial score (nSPS) is 11.0. The van der Waals surface area contributed by atoms with Gasteiger partial charge in [-0.25, -0.2) is 14.4 Å². The van der Waals surface area contributed by atoms with Crippen LogP contribution in [0, 0.1) is 12.7 Å². The predicted octanol–water partition coefficient (Wildman–Crippen LogP) is 4.54. The quantitative estimate of drug-likeness (QED) is 0.877. The summed E-state index contributed by atoms with van der Waals surface area (Å²) >= 11 is 0. The first kappa shape index (κ1) is 15.4. The summed E-state index contributed by atoms with van der Waals surface area (Å²) in [6.45, 7) is 8.96. The molecular formula is C17H22FN3. The van der Waals surface area contributed by atoms with Crippen LogP contribution in [0.1, 0.15) is 44.5 Å². The van der Waals surface area contributed by atoms with Crippen LogP contribution in [0.25, 0.3) is 11.3 Å². The molecule has 0 amide bonds. The highest BCUT2D eigenvalue weighted by molar-refractivity contribution is 5.63. The molecule has 0 spiro atoms. The molecule has 0 aliphatic heterocycles. The summed E-state index contributed by atoms with van der Waals surface area (Å²) in [5.74, 6) is 1.56. The maximum atomic E-state index is 13.6. The van der Waals surface area contributed by atoms with E-state index in [1.165, 1.54) is 12.1 Å². The minimum absolute atomic E-state index is 0.224. The van der Waals surface area contributed by atoms with Crippen LogP contribution in [0.3, 0.4) is 0 Å². The van der Waals surface area contributed by atoms with Crippen molar-refractivity contribution in [1.82, 2.24) is 9.97 Å². The molecule has 0 unspecified atom stereocenters. The van der Waals surface area contributed by atoms with Gasteiger partial charge in [-0.15, -0.1) is 0 Å². The summed E-state index contributed by atoms with van der Waals surface area (Å²) in [5.41, 5.74) is 2.43. The van der Waals surface area contributed by atoms with Crippen molar-refractivity contribution in [2.75, 3.05) is 11.9 Å². The summed E-state index contributed by atoms with van der Waals surface area (Å²) in [6.07, 6.45) is 1.02. The zero-order valence-corrected chi connectivity index (χ0v) is 13.1. The Morgan fingerprint density at radius 1 is 1.14 bits per heavy atom. The Balaban J connectivity index is 2.48. The summed E-state index contributed by atoms with van der Waals surface area (Å²) in [6, 6.07) is 6.86. The molecule has 0 bridgehead atoms. The number of rotatable bonds is 5. The summed E-state index contributed by atoms with van der Waals surface area (Å²) in [7, 11) is 0. The number of aryl methyl sites for hydroxylation is 1. The van der Waals surface area contributed by atoms with Crippen LogP contribution in [0.4, 0.5) is 10.2 Å². The van der Waals surface area contributed by atoms with E-state index in [2.05, 4.69) is 36.1 Å². The monoisotopic (exact) mass is 287 g/mol. The number of anilines is 1. The van der Waals surface area contributed by atoms with Crippen LogP contribution in [0.15, 0.2) is 24.3 Å². The standard InChI is InChI=1S/C17H22FN3/c1-5-6-19-16-10-15(20-17(21-16)11(2)3)13-7-12(4)8-14(18)9-13/h7-11H,5-6H2,1-4H3,(H,19,20,21). The minimum Gasteiger partial charge on any atom is -0.370 e. The van der Waals surface area contributed by atoms with Crippen LogP contribution in [-0.2, 0) is 0 Å². The molecule has 112 valence electrons. The van der Waals surface area contributed by atoms with E-state index in [4.69, 9.17) is 0 Å². The minimum atomic E-state index is -0.238. The van der Waals surface area contributed by atoms with Gasteiger partial charge in [0.25, 0.3) is 0 Å².